The molecule has 5 heteroatoms. The Labute approximate surface area is 95.8 Å². The number of aryl methyl sites for hydroxylation is 1. The van der Waals surface area contributed by atoms with E-state index in [9.17, 15) is 0 Å². The number of hydrogen-bond acceptors (Lipinski definition) is 4. The lowest BCUT2D eigenvalue weighted by atomic mass is 9.94. The lowest BCUT2D eigenvalue weighted by Gasteiger charge is -2.24. The first-order valence-electron chi connectivity index (χ1n) is 6.12. The van der Waals surface area contributed by atoms with E-state index in [2.05, 4.69) is 20.5 Å². The highest BCUT2D eigenvalue weighted by Crippen LogP contribution is 2.25. The minimum atomic E-state index is 0.713. The molecular weight excluding hydrogens is 202 g/mol. The summed E-state index contributed by atoms with van der Waals surface area (Å²) < 4.78 is 1.77. The molecular formula is C11H19N5. The maximum Gasteiger partial charge on any atom is 0.0967 e. The summed E-state index contributed by atoms with van der Waals surface area (Å²) in [5, 5.41) is 11.7. The Kier molecular flexibility index (Phi) is 2.65. The molecule has 1 aromatic heterocycles. The Balaban J connectivity index is 1.61. The van der Waals surface area contributed by atoms with Gasteiger partial charge in [0.15, 0.2) is 0 Å². The van der Waals surface area contributed by atoms with Crippen molar-refractivity contribution in [2.24, 2.45) is 13.0 Å². The van der Waals surface area contributed by atoms with Crippen molar-refractivity contribution in [3.63, 3.8) is 0 Å². The molecule has 0 aromatic carbocycles. The van der Waals surface area contributed by atoms with E-state index in [0.29, 0.717) is 6.04 Å². The second-order valence-electron chi connectivity index (χ2n) is 5.04. The van der Waals surface area contributed by atoms with Crippen LogP contribution in [-0.2, 0) is 13.6 Å². The molecule has 0 saturated carbocycles. The van der Waals surface area contributed by atoms with Gasteiger partial charge < -0.3 is 5.32 Å². The van der Waals surface area contributed by atoms with E-state index in [1.54, 1.807) is 4.68 Å². The fraction of sp³-hybridized carbons (Fsp3) is 0.818. The van der Waals surface area contributed by atoms with Gasteiger partial charge >= 0.3 is 0 Å². The van der Waals surface area contributed by atoms with Crippen LogP contribution in [0.4, 0.5) is 0 Å². The van der Waals surface area contributed by atoms with Crippen molar-refractivity contribution >= 4 is 0 Å². The molecule has 0 spiro atoms. The zero-order chi connectivity index (χ0) is 11.0. The summed E-state index contributed by atoms with van der Waals surface area (Å²) in [7, 11) is 1.92. The smallest absolute Gasteiger partial charge is 0.0967 e. The number of nitrogens with zero attached hydrogens (tertiary/aromatic N) is 4. The van der Waals surface area contributed by atoms with Crippen molar-refractivity contribution in [3.8, 4) is 0 Å². The van der Waals surface area contributed by atoms with Gasteiger partial charge in [0.05, 0.1) is 5.69 Å². The van der Waals surface area contributed by atoms with Crippen molar-refractivity contribution in [1.82, 2.24) is 25.2 Å². The normalized spacial score (nSPS) is 30.6. The lowest BCUT2D eigenvalue weighted by Crippen LogP contribution is -2.40. The molecule has 2 fully saturated rings. The predicted octanol–water partition coefficient (Wildman–Crippen LogP) is -0.00110. The third-order valence-corrected chi connectivity index (χ3v) is 3.71. The molecule has 2 aliphatic heterocycles. The fourth-order valence-corrected chi connectivity index (χ4v) is 2.96. The number of rotatable bonds is 2. The first kappa shape index (κ1) is 10.2. The Morgan fingerprint density at radius 1 is 1.50 bits per heavy atom. The highest BCUT2D eigenvalue weighted by molar-refractivity contribution is 4.97. The predicted molar refractivity (Wildman–Crippen MR) is 60.8 cm³/mol. The van der Waals surface area contributed by atoms with E-state index in [1.807, 2.05) is 13.2 Å². The Morgan fingerprint density at radius 3 is 3.19 bits per heavy atom. The molecule has 0 radical (unpaired) electrons. The number of aromatic nitrogens is 3. The van der Waals surface area contributed by atoms with Crippen molar-refractivity contribution < 1.29 is 0 Å². The van der Waals surface area contributed by atoms with E-state index in [4.69, 9.17) is 0 Å². The van der Waals surface area contributed by atoms with Gasteiger partial charge in [0.2, 0.25) is 0 Å². The summed E-state index contributed by atoms with van der Waals surface area (Å²) in [5.41, 5.74) is 1.08. The summed E-state index contributed by atoms with van der Waals surface area (Å²) in [4.78, 5) is 2.50. The SMILES string of the molecule is Cn1cc(CN2CC3CCCNC3C2)nn1. The number of hydrogen-bond donors (Lipinski definition) is 1. The monoisotopic (exact) mass is 221 g/mol. The van der Waals surface area contributed by atoms with Gasteiger partial charge in [0, 0.05) is 38.9 Å². The number of piperidine rings is 1. The molecule has 0 bridgehead atoms. The van der Waals surface area contributed by atoms with E-state index in [1.165, 1.54) is 32.5 Å². The molecule has 88 valence electrons. The van der Waals surface area contributed by atoms with Crippen molar-refractivity contribution in [1.29, 1.82) is 0 Å². The third-order valence-electron chi connectivity index (χ3n) is 3.71. The first-order valence-corrected chi connectivity index (χ1v) is 6.12. The van der Waals surface area contributed by atoms with Crippen molar-refractivity contribution in [3.05, 3.63) is 11.9 Å². The molecule has 0 aliphatic carbocycles. The second-order valence-corrected chi connectivity index (χ2v) is 5.04. The Hall–Kier alpha value is -0.940. The molecule has 2 unspecified atom stereocenters. The van der Waals surface area contributed by atoms with Gasteiger partial charge in [-0.15, -0.1) is 5.10 Å². The largest absolute Gasteiger partial charge is 0.312 e. The van der Waals surface area contributed by atoms with Crippen LogP contribution in [0.3, 0.4) is 0 Å². The molecule has 3 rings (SSSR count). The van der Waals surface area contributed by atoms with Gasteiger partial charge in [-0.1, -0.05) is 5.21 Å². The standard InChI is InChI=1S/C11H19N5/c1-15-6-10(13-14-15)7-16-5-9-3-2-4-12-11(9)8-16/h6,9,11-12H,2-5,7-8H2,1H3. The fourth-order valence-electron chi connectivity index (χ4n) is 2.96. The molecule has 16 heavy (non-hydrogen) atoms. The number of fused-ring (bicyclic) bond motifs is 1. The van der Waals surface area contributed by atoms with Crippen molar-refractivity contribution in [2.45, 2.75) is 25.4 Å². The maximum absolute atomic E-state index is 4.15. The minimum Gasteiger partial charge on any atom is -0.312 e. The summed E-state index contributed by atoms with van der Waals surface area (Å²) in [6.45, 7) is 4.53. The molecule has 2 atom stereocenters. The molecule has 1 aromatic rings. The summed E-state index contributed by atoms with van der Waals surface area (Å²) in [5.74, 6) is 0.852. The van der Waals surface area contributed by atoms with Gasteiger partial charge in [-0.2, -0.15) is 0 Å². The topological polar surface area (TPSA) is 46.0 Å². The average Bonchev–Trinajstić information content (AvgIpc) is 2.84. The molecule has 2 saturated heterocycles. The van der Waals surface area contributed by atoms with Gasteiger partial charge in [-0.25, -0.2) is 0 Å². The van der Waals surface area contributed by atoms with Crippen LogP contribution >= 0.6 is 0 Å². The average molecular weight is 221 g/mol. The number of likely N-dealkylation sites (tertiary alicyclic amines) is 1. The van der Waals surface area contributed by atoms with E-state index < -0.39 is 0 Å². The lowest BCUT2D eigenvalue weighted by molar-refractivity contribution is 0.309. The highest BCUT2D eigenvalue weighted by Gasteiger charge is 2.34. The second kappa shape index (κ2) is 4.14. The summed E-state index contributed by atoms with van der Waals surface area (Å²) in [6, 6.07) is 0.713. The Morgan fingerprint density at radius 2 is 2.44 bits per heavy atom. The zero-order valence-corrected chi connectivity index (χ0v) is 9.76. The van der Waals surface area contributed by atoms with Gasteiger partial charge in [-0.05, 0) is 25.3 Å². The van der Waals surface area contributed by atoms with Gasteiger partial charge in [0.1, 0.15) is 0 Å². The summed E-state index contributed by atoms with van der Waals surface area (Å²) >= 11 is 0. The van der Waals surface area contributed by atoms with Crippen LogP contribution in [-0.4, -0.2) is 45.6 Å². The van der Waals surface area contributed by atoms with Crippen LogP contribution in [0.15, 0.2) is 6.20 Å². The molecule has 2 aliphatic rings. The number of nitrogens with one attached hydrogen (secondary N) is 1. The van der Waals surface area contributed by atoms with Crippen LogP contribution in [0.2, 0.25) is 0 Å². The van der Waals surface area contributed by atoms with E-state index >= 15 is 0 Å². The molecule has 3 heterocycles. The highest BCUT2D eigenvalue weighted by atomic mass is 15.4. The van der Waals surface area contributed by atoms with E-state index in [-0.39, 0.29) is 0 Å². The Bertz CT molecular complexity index is 347. The van der Waals surface area contributed by atoms with Crippen LogP contribution in [0.1, 0.15) is 18.5 Å². The molecule has 1 N–H and O–H groups in total. The van der Waals surface area contributed by atoms with Crippen LogP contribution < -0.4 is 5.32 Å². The van der Waals surface area contributed by atoms with Gasteiger partial charge in [0.25, 0.3) is 0 Å². The molecule has 0 amide bonds. The molecule has 5 nitrogen and oxygen atoms in total. The first-order chi connectivity index (χ1) is 7.81. The van der Waals surface area contributed by atoms with Crippen LogP contribution in [0.5, 0.6) is 0 Å². The zero-order valence-electron chi connectivity index (χ0n) is 9.76. The van der Waals surface area contributed by atoms with E-state index in [0.717, 1.165) is 18.2 Å². The van der Waals surface area contributed by atoms with Crippen LogP contribution in [0, 0.1) is 5.92 Å². The quantitative estimate of drug-likeness (QED) is 0.763. The summed E-state index contributed by atoms with van der Waals surface area (Å²) in [6.07, 6.45) is 4.73. The maximum atomic E-state index is 4.15. The minimum absolute atomic E-state index is 0.713. The van der Waals surface area contributed by atoms with Crippen LogP contribution in [0.25, 0.3) is 0 Å². The third kappa shape index (κ3) is 1.97. The van der Waals surface area contributed by atoms with Crippen molar-refractivity contribution in [2.75, 3.05) is 19.6 Å². The van der Waals surface area contributed by atoms with Gasteiger partial charge in [-0.3, -0.25) is 9.58 Å².